The SMILES string of the molecule is C=CCN(CC=C)S(=O)(=O)c1ccc(CO)cc1OC. The molecule has 1 rings (SSSR count). The fourth-order valence-electron chi connectivity index (χ4n) is 1.72. The summed E-state index contributed by atoms with van der Waals surface area (Å²) in [6.07, 6.45) is 3.02. The molecular formula is C14H19NO4S. The van der Waals surface area contributed by atoms with E-state index < -0.39 is 10.0 Å². The van der Waals surface area contributed by atoms with Crippen LogP contribution in [0, 0.1) is 0 Å². The molecule has 0 aliphatic rings. The van der Waals surface area contributed by atoms with Crippen LogP contribution in [0.15, 0.2) is 48.4 Å². The minimum Gasteiger partial charge on any atom is -0.495 e. The van der Waals surface area contributed by atoms with E-state index in [9.17, 15) is 8.42 Å². The Balaban J connectivity index is 3.32. The Morgan fingerprint density at radius 2 is 1.90 bits per heavy atom. The summed E-state index contributed by atoms with van der Waals surface area (Å²) in [6, 6.07) is 4.49. The Morgan fingerprint density at radius 3 is 2.35 bits per heavy atom. The van der Waals surface area contributed by atoms with Gasteiger partial charge in [0.05, 0.1) is 13.7 Å². The highest BCUT2D eigenvalue weighted by atomic mass is 32.2. The average Bonchev–Trinajstić information content (AvgIpc) is 2.46. The Labute approximate surface area is 119 Å². The molecule has 0 aliphatic heterocycles. The largest absolute Gasteiger partial charge is 0.495 e. The number of aliphatic hydroxyl groups excluding tert-OH is 1. The molecule has 0 spiro atoms. The number of sulfonamides is 1. The van der Waals surface area contributed by atoms with Crippen molar-refractivity contribution >= 4 is 10.0 Å². The van der Waals surface area contributed by atoms with Gasteiger partial charge >= 0.3 is 0 Å². The van der Waals surface area contributed by atoms with Gasteiger partial charge in [-0.15, -0.1) is 13.2 Å². The molecule has 0 amide bonds. The van der Waals surface area contributed by atoms with Gasteiger partial charge in [0.2, 0.25) is 10.0 Å². The Bertz CT molecular complexity index is 571. The van der Waals surface area contributed by atoms with Crippen molar-refractivity contribution in [1.29, 1.82) is 0 Å². The summed E-state index contributed by atoms with van der Waals surface area (Å²) in [4.78, 5) is 0.0564. The highest BCUT2D eigenvalue weighted by molar-refractivity contribution is 7.89. The van der Waals surface area contributed by atoms with E-state index in [1.54, 1.807) is 6.07 Å². The first-order valence-corrected chi connectivity index (χ1v) is 7.45. The van der Waals surface area contributed by atoms with Crippen LogP contribution < -0.4 is 4.74 Å². The Kier molecular flexibility index (Phi) is 5.94. The predicted octanol–water partition coefficient (Wildman–Crippen LogP) is 1.55. The van der Waals surface area contributed by atoms with Crippen LogP contribution in [0.5, 0.6) is 5.75 Å². The van der Waals surface area contributed by atoms with E-state index in [2.05, 4.69) is 13.2 Å². The normalized spacial score (nSPS) is 11.3. The van der Waals surface area contributed by atoms with E-state index in [4.69, 9.17) is 9.84 Å². The minimum atomic E-state index is -3.71. The summed E-state index contributed by atoms with van der Waals surface area (Å²) in [5.41, 5.74) is 0.583. The van der Waals surface area contributed by atoms with Crippen molar-refractivity contribution in [2.75, 3.05) is 20.2 Å². The summed E-state index contributed by atoms with van der Waals surface area (Å²) < 4.78 is 31.5. The lowest BCUT2D eigenvalue weighted by atomic mass is 10.2. The van der Waals surface area contributed by atoms with E-state index >= 15 is 0 Å². The summed E-state index contributed by atoms with van der Waals surface area (Å²) in [5, 5.41) is 9.09. The van der Waals surface area contributed by atoms with Gasteiger partial charge in [0.25, 0.3) is 0 Å². The average molecular weight is 297 g/mol. The molecule has 5 nitrogen and oxygen atoms in total. The molecule has 0 saturated carbocycles. The number of hydrogen-bond donors (Lipinski definition) is 1. The molecule has 0 saturated heterocycles. The molecule has 0 unspecified atom stereocenters. The van der Waals surface area contributed by atoms with Crippen LogP contribution in [0.4, 0.5) is 0 Å². The number of benzene rings is 1. The molecule has 0 atom stereocenters. The van der Waals surface area contributed by atoms with Gasteiger partial charge in [-0.3, -0.25) is 0 Å². The topological polar surface area (TPSA) is 66.8 Å². The lowest BCUT2D eigenvalue weighted by Crippen LogP contribution is -2.31. The standard InChI is InChI=1S/C14H19NO4S/c1-4-8-15(9-5-2)20(17,18)14-7-6-12(11-16)10-13(14)19-3/h4-7,10,16H,1-2,8-9,11H2,3H3. The van der Waals surface area contributed by atoms with Crippen molar-refractivity contribution in [3.05, 3.63) is 49.1 Å². The number of hydrogen-bond acceptors (Lipinski definition) is 4. The Morgan fingerprint density at radius 1 is 1.30 bits per heavy atom. The second kappa shape index (κ2) is 7.23. The lowest BCUT2D eigenvalue weighted by Gasteiger charge is -2.20. The van der Waals surface area contributed by atoms with Crippen molar-refractivity contribution in [1.82, 2.24) is 4.31 Å². The predicted molar refractivity (Wildman–Crippen MR) is 78.1 cm³/mol. The van der Waals surface area contributed by atoms with Crippen LogP contribution in [0.3, 0.4) is 0 Å². The zero-order valence-corrected chi connectivity index (χ0v) is 12.3. The molecule has 0 radical (unpaired) electrons. The molecule has 6 heteroatoms. The number of nitrogens with zero attached hydrogens (tertiary/aromatic N) is 1. The van der Waals surface area contributed by atoms with E-state index in [0.717, 1.165) is 0 Å². The van der Waals surface area contributed by atoms with Gasteiger partial charge in [-0.2, -0.15) is 4.31 Å². The first kappa shape index (κ1) is 16.4. The van der Waals surface area contributed by atoms with Gasteiger partial charge in [-0.1, -0.05) is 18.2 Å². The molecule has 0 heterocycles. The van der Waals surface area contributed by atoms with Crippen molar-refractivity contribution < 1.29 is 18.3 Å². The van der Waals surface area contributed by atoms with E-state index in [1.165, 1.54) is 35.7 Å². The molecule has 0 aliphatic carbocycles. The van der Waals surface area contributed by atoms with E-state index in [1.807, 2.05) is 0 Å². The maximum absolute atomic E-state index is 12.6. The number of aliphatic hydroxyl groups is 1. The van der Waals surface area contributed by atoms with Crippen molar-refractivity contribution in [3.8, 4) is 5.75 Å². The monoisotopic (exact) mass is 297 g/mol. The van der Waals surface area contributed by atoms with Crippen molar-refractivity contribution in [3.63, 3.8) is 0 Å². The summed E-state index contributed by atoms with van der Waals surface area (Å²) >= 11 is 0. The third-order valence-electron chi connectivity index (χ3n) is 2.69. The zero-order valence-electron chi connectivity index (χ0n) is 11.4. The molecule has 20 heavy (non-hydrogen) atoms. The summed E-state index contributed by atoms with van der Waals surface area (Å²) in [5.74, 6) is 0.203. The first-order chi connectivity index (χ1) is 9.51. The van der Waals surface area contributed by atoms with Crippen LogP contribution in [0.2, 0.25) is 0 Å². The lowest BCUT2D eigenvalue weighted by molar-refractivity contribution is 0.280. The fraction of sp³-hybridized carbons (Fsp3) is 0.286. The van der Waals surface area contributed by atoms with Crippen LogP contribution in [0.25, 0.3) is 0 Å². The quantitative estimate of drug-likeness (QED) is 0.739. The zero-order chi connectivity index (χ0) is 15.2. The molecule has 1 N–H and O–H groups in total. The van der Waals surface area contributed by atoms with Gasteiger partial charge in [0.1, 0.15) is 10.6 Å². The summed E-state index contributed by atoms with van der Waals surface area (Å²) in [6.45, 7) is 7.29. The van der Waals surface area contributed by atoms with Gasteiger partial charge in [-0.05, 0) is 17.7 Å². The molecule has 1 aromatic carbocycles. The first-order valence-electron chi connectivity index (χ1n) is 6.01. The second-order valence-corrected chi connectivity index (χ2v) is 5.95. The minimum absolute atomic E-state index is 0.0564. The molecule has 110 valence electrons. The third-order valence-corrected chi connectivity index (χ3v) is 4.56. The molecule has 1 aromatic rings. The highest BCUT2D eigenvalue weighted by Crippen LogP contribution is 2.28. The second-order valence-electron chi connectivity index (χ2n) is 4.04. The van der Waals surface area contributed by atoms with Gasteiger partial charge in [-0.25, -0.2) is 8.42 Å². The van der Waals surface area contributed by atoms with Crippen LogP contribution >= 0.6 is 0 Å². The molecular weight excluding hydrogens is 278 g/mol. The van der Waals surface area contributed by atoms with Crippen molar-refractivity contribution in [2.45, 2.75) is 11.5 Å². The van der Waals surface area contributed by atoms with Gasteiger partial charge in [0, 0.05) is 13.1 Å². The Hall–Kier alpha value is -1.63. The van der Waals surface area contributed by atoms with Crippen LogP contribution in [0.1, 0.15) is 5.56 Å². The summed E-state index contributed by atoms with van der Waals surface area (Å²) in [7, 11) is -2.32. The van der Waals surface area contributed by atoms with Crippen LogP contribution in [-0.2, 0) is 16.6 Å². The number of rotatable bonds is 8. The number of ether oxygens (including phenoxy) is 1. The number of methoxy groups -OCH3 is 1. The van der Waals surface area contributed by atoms with Crippen LogP contribution in [-0.4, -0.2) is 38.0 Å². The van der Waals surface area contributed by atoms with E-state index in [-0.39, 0.29) is 30.3 Å². The van der Waals surface area contributed by atoms with Gasteiger partial charge in [0.15, 0.2) is 0 Å². The highest BCUT2D eigenvalue weighted by Gasteiger charge is 2.26. The van der Waals surface area contributed by atoms with Crippen molar-refractivity contribution in [2.24, 2.45) is 0 Å². The maximum Gasteiger partial charge on any atom is 0.247 e. The van der Waals surface area contributed by atoms with E-state index in [0.29, 0.717) is 5.56 Å². The fourth-order valence-corrected chi connectivity index (χ4v) is 3.24. The third kappa shape index (κ3) is 3.47. The smallest absolute Gasteiger partial charge is 0.247 e. The molecule has 0 bridgehead atoms. The maximum atomic E-state index is 12.6. The molecule has 0 fully saturated rings. The molecule has 0 aromatic heterocycles. The van der Waals surface area contributed by atoms with Gasteiger partial charge < -0.3 is 9.84 Å².